The highest BCUT2D eigenvalue weighted by Gasteiger charge is 2.15. The van der Waals surface area contributed by atoms with Crippen molar-refractivity contribution in [2.45, 2.75) is 6.54 Å². The van der Waals surface area contributed by atoms with E-state index in [0.717, 1.165) is 4.57 Å². The predicted octanol–water partition coefficient (Wildman–Crippen LogP) is 0.878. The van der Waals surface area contributed by atoms with E-state index in [2.05, 4.69) is 14.7 Å². The molecule has 0 aliphatic rings. The van der Waals surface area contributed by atoms with Crippen molar-refractivity contribution >= 4 is 16.9 Å². The van der Waals surface area contributed by atoms with Gasteiger partial charge in [-0.3, -0.25) is 23.4 Å². The van der Waals surface area contributed by atoms with Crippen LogP contribution in [0.25, 0.3) is 22.3 Å². The molecule has 0 amide bonds. The molecule has 4 aromatic rings. The minimum atomic E-state index is -0.661. The van der Waals surface area contributed by atoms with Crippen molar-refractivity contribution in [3.63, 3.8) is 0 Å². The van der Waals surface area contributed by atoms with Gasteiger partial charge in [0.1, 0.15) is 0 Å². The van der Waals surface area contributed by atoms with Gasteiger partial charge in [0, 0.05) is 12.6 Å². The van der Waals surface area contributed by atoms with Crippen LogP contribution in [0.3, 0.4) is 0 Å². The summed E-state index contributed by atoms with van der Waals surface area (Å²) in [6.45, 7) is 0.0273. The normalized spacial score (nSPS) is 11.0. The van der Waals surface area contributed by atoms with Crippen molar-refractivity contribution in [2.75, 3.05) is 7.11 Å². The number of fused-ring (bicyclic) bond motifs is 1. The fraction of sp³-hybridized carbons (Fsp3) is 0.150. The Labute approximate surface area is 167 Å². The Balaban J connectivity index is 1.76. The fourth-order valence-corrected chi connectivity index (χ4v) is 3.21. The molecule has 0 saturated heterocycles. The summed E-state index contributed by atoms with van der Waals surface area (Å²) in [7, 11) is 2.81. The standard InChI is InChI=1S/C20H16N4O6/c1-23-15-8-7-13(18(26)29-2)9-14(15)17(25)24(20(23)28)10-11-3-5-12(6-4-11)16-21-19(27)30-22-16/h3-9H,10H2,1-2H3,(H,21,22,27). The zero-order valence-corrected chi connectivity index (χ0v) is 16.0. The number of H-pyrrole nitrogens is 1. The minimum absolute atomic E-state index is 0.0273. The van der Waals surface area contributed by atoms with Gasteiger partial charge in [-0.05, 0) is 23.8 Å². The van der Waals surface area contributed by atoms with Gasteiger partial charge < -0.3 is 4.74 Å². The number of carbonyl (C=O) groups excluding carboxylic acids is 1. The maximum absolute atomic E-state index is 13.0. The number of aryl methyl sites for hydroxylation is 1. The summed E-state index contributed by atoms with van der Waals surface area (Å²) in [5.74, 6) is -0.953. The molecule has 152 valence electrons. The Morgan fingerprint density at radius 1 is 1.13 bits per heavy atom. The first-order chi connectivity index (χ1) is 14.4. The van der Waals surface area contributed by atoms with Crippen LogP contribution in [-0.4, -0.2) is 32.4 Å². The molecule has 2 aromatic carbocycles. The molecule has 0 radical (unpaired) electrons. The molecule has 0 spiro atoms. The topological polar surface area (TPSA) is 129 Å². The average molecular weight is 408 g/mol. The van der Waals surface area contributed by atoms with Crippen LogP contribution in [0.15, 0.2) is 61.4 Å². The number of nitrogens with zero attached hydrogens (tertiary/aromatic N) is 3. The first-order valence-corrected chi connectivity index (χ1v) is 8.86. The highest BCUT2D eigenvalue weighted by atomic mass is 16.5. The lowest BCUT2D eigenvalue weighted by Gasteiger charge is -2.12. The van der Waals surface area contributed by atoms with Gasteiger partial charge in [-0.25, -0.2) is 14.4 Å². The van der Waals surface area contributed by atoms with Crippen LogP contribution < -0.4 is 17.0 Å². The molecule has 30 heavy (non-hydrogen) atoms. The van der Waals surface area contributed by atoms with Crippen LogP contribution in [0.5, 0.6) is 0 Å². The largest absolute Gasteiger partial charge is 0.465 e. The molecular weight excluding hydrogens is 392 g/mol. The molecule has 0 aliphatic heterocycles. The summed E-state index contributed by atoms with van der Waals surface area (Å²) in [5.41, 5.74) is 0.947. The number of rotatable bonds is 4. The molecule has 1 N–H and O–H groups in total. The lowest BCUT2D eigenvalue weighted by Crippen LogP contribution is -2.39. The van der Waals surface area contributed by atoms with Crippen LogP contribution in [0.2, 0.25) is 0 Å². The Morgan fingerprint density at radius 3 is 2.50 bits per heavy atom. The summed E-state index contributed by atoms with van der Waals surface area (Å²) >= 11 is 0. The number of esters is 1. The van der Waals surface area contributed by atoms with Crippen molar-refractivity contribution in [1.82, 2.24) is 19.3 Å². The van der Waals surface area contributed by atoms with E-state index in [1.54, 1.807) is 37.4 Å². The summed E-state index contributed by atoms with van der Waals surface area (Å²) in [6.07, 6.45) is 0. The van der Waals surface area contributed by atoms with E-state index in [4.69, 9.17) is 4.74 Å². The molecule has 0 atom stereocenters. The van der Waals surface area contributed by atoms with Gasteiger partial charge in [-0.2, -0.15) is 0 Å². The van der Waals surface area contributed by atoms with Gasteiger partial charge in [-0.15, -0.1) is 0 Å². The summed E-state index contributed by atoms with van der Waals surface area (Å²) < 4.78 is 11.6. The highest BCUT2D eigenvalue weighted by Crippen LogP contribution is 2.15. The van der Waals surface area contributed by atoms with Crippen LogP contribution >= 0.6 is 0 Å². The third-order valence-electron chi connectivity index (χ3n) is 4.78. The number of aromatic nitrogens is 4. The molecule has 10 nitrogen and oxygen atoms in total. The Morgan fingerprint density at radius 2 is 1.87 bits per heavy atom. The second kappa shape index (κ2) is 7.32. The summed E-state index contributed by atoms with van der Waals surface area (Å²) in [5, 5.41) is 3.85. The van der Waals surface area contributed by atoms with Crippen molar-refractivity contribution in [1.29, 1.82) is 0 Å². The van der Waals surface area contributed by atoms with E-state index in [0.29, 0.717) is 16.6 Å². The molecule has 0 fully saturated rings. The molecule has 0 saturated carbocycles. The lowest BCUT2D eigenvalue weighted by atomic mass is 10.1. The van der Waals surface area contributed by atoms with Crippen molar-refractivity contribution in [3.05, 3.63) is 85.0 Å². The molecule has 0 aliphatic carbocycles. The number of methoxy groups -OCH3 is 1. The van der Waals surface area contributed by atoms with Crippen LogP contribution in [0.4, 0.5) is 0 Å². The smallest absolute Gasteiger partial charge is 0.439 e. The monoisotopic (exact) mass is 408 g/mol. The average Bonchev–Trinajstić information content (AvgIpc) is 3.21. The lowest BCUT2D eigenvalue weighted by molar-refractivity contribution is 0.0601. The zero-order valence-electron chi connectivity index (χ0n) is 16.0. The predicted molar refractivity (Wildman–Crippen MR) is 106 cm³/mol. The molecule has 4 rings (SSSR count). The van der Waals surface area contributed by atoms with Crippen LogP contribution in [0, 0.1) is 0 Å². The number of nitrogens with one attached hydrogen (secondary N) is 1. The van der Waals surface area contributed by atoms with E-state index in [1.165, 1.54) is 23.8 Å². The molecule has 2 heterocycles. The number of aromatic amines is 1. The zero-order chi connectivity index (χ0) is 21.4. The van der Waals surface area contributed by atoms with E-state index in [1.807, 2.05) is 0 Å². The highest BCUT2D eigenvalue weighted by molar-refractivity contribution is 5.94. The van der Waals surface area contributed by atoms with Crippen LogP contribution in [-0.2, 0) is 18.3 Å². The van der Waals surface area contributed by atoms with Crippen molar-refractivity contribution < 1.29 is 14.1 Å². The summed E-state index contributed by atoms with van der Waals surface area (Å²) in [6, 6.07) is 11.3. The van der Waals surface area contributed by atoms with Crippen molar-refractivity contribution in [3.8, 4) is 11.4 Å². The maximum Gasteiger partial charge on any atom is 0.439 e. The molecule has 2 aromatic heterocycles. The fourth-order valence-electron chi connectivity index (χ4n) is 3.21. The summed E-state index contributed by atoms with van der Waals surface area (Å²) in [4.78, 5) is 51.1. The number of benzene rings is 2. The molecule has 10 heteroatoms. The molecule has 0 unspecified atom stereocenters. The van der Waals surface area contributed by atoms with E-state index >= 15 is 0 Å². The SMILES string of the molecule is COC(=O)c1ccc2c(c1)c(=O)n(Cc1ccc(-c3noc(=O)[nH]3)cc1)c(=O)n2C. The first-order valence-electron chi connectivity index (χ1n) is 8.86. The van der Waals surface area contributed by atoms with Crippen LogP contribution in [0.1, 0.15) is 15.9 Å². The van der Waals surface area contributed by atoms with Gasteiger partial charge in [0.15, 0.2) is 5.82 Å². The Kier molecular flexibility index (Phi) is 4.66. The first kappa shape index (κ1) is 19.1. The number of carbonyl (C=O) groups is 1. The van der Waals surface area contributed by atoms with Gasteiger partial charge in [0.2, 0.25) is 0 Å². The van der Waals surface area contributed by atoms with Gasteiger partial charge in [0.05, 0.1) is 30.1 Å². The van der Waals surface area contributed by atoms with Gasteiger partial charge in [0.25, 0.3) is 5.56 Å². The number of hydrogen-bond acceptors (Lipinski definition) is 7. The van der Waals surface area contributed by atoms with Gasteiger partial charge >= 0.3 is 17.4 Å². The molecular formula is C20H16N4O6. The Bertz CT molecular complexity index is 1440. The maximum atomic E-state index is 13.0. The Hall–Kier alpha value is -4.21. The second-order valence-electron chi connectivity index (χ2n) is 6.60. The second-order valence-corrected chi connectivity index (χ2v) is 6.60. The number of hydrogen-bond donors (Lipinski definition) is 1. The third-order valence-corrected chi connectivity index (χ3v) is 4.78. The van der Waals surface area contributed by atoms with E-state index < -0.39 is 23.0 Å². The molecule has 0 bridgehead atoms. The minimum Gasteiger partial charge on any atom is -0.465 e. The quantitative estimate of drug-likeness (QED) is 0.496. The van der Waals surface area contributed by atoms with E-state index in [-0.39, 0.29) is 23.3 Å². The third kappa shape index (κ3) is 3.24. The van der Waals surface area contributed by atoms with E-state index in [9.17, 15) is 19.2 Å². The number of ether oxygens (including phenoxy) is 1. The van der Waals surface area contributed by atoms with Gasteiger partial charge in [-0.1, -0.05) is 29.4 Å². The van der Waals surface area contributed by atoms with Crippen molar-refractivity contribution in [2.24, 2.45) is 7.05 Å².